The van der Waals surface area contributed by atoms with Crippen LogP contribution in [0.2, 0.25) is 5.02 Å². The quantitative estimate of drug-likeness (QED) is 0.935. The fourth-order valence-corrected chi connectivity index (χ4v) is 1.97. The molecule has 0 radical (unpaired) electrons. The number of hydrogen-bond donors (Lipinski definition) is 1. The number of anilines is 1. The van der Waals surface area contributed by atoms with Gasteiger partial charge >= 0.3 is 6.03 Å². The van der Waals surface area contributed by atoms with Crippen LogP contribution in [-0.4, -0.2) is 35.2 Å². The highest BCUT2D eigenvalue weighted by molar-refractivity contribution is 6.31. The Morgan fingerprint density at radius 3 is 2.77 bits per heavy atom. The lowest BCUT2D eigenvalue weighted by atomic mass is 10.2. The summed E-state index contributed by atoms with van der Waals surface area (Å²) in [6, 6.07) is 3.09. The molecule has 0 aliphatic rings. The van der Waals surface area contributed by atoms with E-state index in [-0.39, 0.29) is 12.6 Å². The maximum atomic E-state index is 12.2. The first-order valence-electron chi connectivity index (χ1n) is 6.56. The summed E-state index contributed by atoms with van der Waals surface area (Å²) in [6.07, 6.45) is 0. The Labute approximate surface area is 133 Å². The van der Waals surface area contributed by atoms with Gasteiger partial charge in [0.15, 0.2) is 5.82 Å². The summed E-state index contributed by atoms with van der Waals surface area (Å²) in [7, 11) is 3.14. The van der Waals surface area contributed by atoms with Gasteiger partial charge in [0.2, 0.25) is 5.89 Å². The molecule has 118 valence electrons. The molecule has 1 aromatic carbocycles. The van der Waals surface area contributed by atoms with Gasteiger partial charge in [0, 0.05) is 18.1 Å². The van der Waals surface area contributed by atoms with Crippen molar-refractivity contribution in [3.63, 3.8) is 0 Å². The van der Waals surface area contributed by atoms with E-state index in [9.17, 15) is 4.79 Å². The number of carbonyl (C=O) groups is 1. The Morgan fingerprint density at radius 1 is 1.45 bits per heavy atom. The Morgan fingerprint density at radius 2 is 2.18 bits per heavy atom. The van der Waals surface area contributed by atoms with Crippen molar-refractivity contribution in [3.8, 4) is 5.75 Å². The van der Waals surface area contributed by atoms with E-state index in [1.165, 1.54) is 12.0 Å². The zero-order chi connectivity index (χ0) is 16.3. The van der Waals surface area contributed by atoms with E-state index in [0.29, 0.717) is 28.2 Å². The van der Waals surface area contributed by atoms with E-state index in [1.807, 2.05) is 6.92 Å². The summed E-state index contributed by atoms with van der Waals surface area (Å²) in [5, 5.41) is 7.03. The van der Waals surface area contributed by atoms with Gasteiger partial charge in [-0.2, -0.15) is 4.98 Å². The van der Waals surface area contributed by atoms with Crippen molar-refractivity contribution in [2.45, 2.75) is 20.4 Å². The minimum atomic E-state index is -0.323. The van der Waals surface area contributed by atoms with Crippen LogP contribution in [0.3, 0.4) is 0 Å². The van der Waals surface area contributed by atoms with Crippen LogP contribution in [-0.2, 0) is 6.54 Å². The van der Waals surface area contributed by atoms with E-state index in [1.54, 1.807) is 26.1 Å². The smallest absolute Gasteiger partial charge is 0.322 e. The fourth-order valence-electron chi connectivity index (χ4n) is 1.82. The lowest BCUT2D eigenvalue weighted by Gasteiger charge is -2.18. The van der Waals surface area contributed by atoms with Gasteiger partial charge in [-0.25, -0.2) is 4.79 Å². The van der Waals surface area contributed by atoms with E-state index in [4.69, 9.17) is 20.9 Å². The Bertz CT molecular complexity index is 687. The van der Waals surface area contributed by atoms with Gasteiger partial charge in [-0.15, -0.1) is 0 Å². The zero-order valence-electron chi connectivity index (χ0n) is 12.8. The standard InChI is InChI=1S/C14H17ClN4O3/c1-8-5-11(12(21-4)6-10(8)15)17-14(20)19(3)7-13-16-9(2)18-22-13/h5-6H,7H2,1-4H3,(H,17,20). The van der Waals surface area contributed by atoms with Crippen molar-refractivity contribution < 1.29 is 14.1 Å². The van der Waals surface area contributed by atoms with Gasteiger partial charge in [-0.1, -0.05) is 16.8 Å². The van der Waals surface area contributed by atoms with Crippen molar-refractivity contribution in [3.05, 3.63) is 34.4 Å². The number of halogens is 1. The van der Waals surface area contributed by atoms with Crippen LogP contribution >= 0.6 is 11.6 Å². The van der Waals surface area contributed by atoms with Crippen LogP contribution in [0, 0.1) is 13.8 Å². The maximum absolute atomic E-state index is 12.2. The zero-order valence-corrected chi connectivity index (χ0v) is 13.6. The number of nitrogens with one attached hydrogen (secondary N) is 1. The maximum Gasteiger partial charge on any atom is 0.322 e. The number of amides is 2. The van der Waals surface area contributed by atoms with Crippen LogP contribution in [0.15, 0.2) is 16.7 Å². The van der Waals surface area contributed by atoms with Crippen LogP contribution in [0.25, 0.3) is 0 Å². The molecule has 0 spiro atoms. The minimum absolute atomic E-state index is 0.210. The highest BCUT2D eigenvalue weighted by atomic mass is 35.5. The Kier molecular flexibility index (Phi) is 4.87. The predicted molar refractivity (Wildman–Crippen MR) is 82.3 cm³/mol. The summed E-state index contributed by atoms with van der Waals surface area (Å²) >= 11 is 6.04. The first-order chi connectivity index (χ1) is 10.4. The fraction of sp³-hybridized carbons (Fsp3) is 0.357. The van der Waals surface area contributed by atoms with Crippen LogP contribution in [0.1, 0.15) is 17.3 Å². The molecule has 1 heterocycles. The number of carbonyl (C=O) groups excluding carboxylic acids is 1. The molecule has 2 amide bonds. The normalized spacial score (nSPS) is 10.4. The summed E-state index contributed by atoms with van der Waals surface area (Å²) < 4.78 is 10.2. The number of benzene rings is 1. The number of hydrogen-bond acceptors (Lipinski definition) is 5. The molecule has 0 fully saturated rings. The van der Waals surface area contributed by atoms with E-state index in [0.717, 1.165) is 5.56 Å². The molecular formula is C14H17ClN4O3. The van der Waals surface area contributed by atoms with Gasteiger partial charge in [-0.3, -0.25) is 0 Å². The molecule has 0 aliphatic heterocycles. The largest absolute Gasteiger partial charge is 0.495 e. The molecule has 0 saturated carbocycles. The molecule has 0 atom stereocenters. The second kappa shape index (κ2) is 6.65. The summed E-state index contributed by atoms with van der Waals surface area (Å²) in [4.78, 5) is 17.7. The summed E-state index contributed by atoms with van der Waals surface area (Å²) in [5.41, 5.74) is 1.39. The molecule has 2 aromatic rings. The molecule has 2 rings (SSSR count). The average molecular weight is 325 g/mol. The number of methoxy groups -OCH3 is 1. The Hall–Kier alpha value is -2.28. The third-order valence-electron chi connectivity index (χ3n) is 3.01. The molecule has 1 N–H and O–H groups in total. The number of rotatable bonds is 4. The summed E-state index contributed by atoms with van der Waals surface area (Å²) in [6.45, 7) is 3.78. The molecule has 7 nitrogen and oxygen atoms in total. The minimum Gasteiger partial charge on any atom is -0.495 e. The topological polar surface area (TPSA) is 80.5 Å². The molecule has 22 heavy (non-hydrogen) atoms. The van der Waals surface area contributed by atoms with Gasteiger partial charge < -0.3 is 19.5 Å². The van der Waals surface area contributed by atoms with Gasteiger partial charge in [0.1, 0.15) is 12.3 Å². The highest BCUT2D eigenvalue weighted by Crippen LogP contribution is 2.31. The first kappa shape index (κ1) is 16.1. The predicted octanol–water partition coefficient (Wildman–Crippen LogP) is 3.01. The molecule has 8 heteroatoms. The second-order valence-corrected chi connectivity index (χ2v) is 5.23. The van der Waals surface area contributed by atoms with E-state index >= 15 is 0 Å². The van der Waals surface area contributed by atoms with Crippen molar-refractivity contribution in [2.75, 3.05) is 19.5 Å². The van der Waals surface area contributed by atoms with Crippen molar-refractivity contribution in [2.24, 2.45) is 0 Å². The highest BCUT2D eigenvalue weighted by Gasteiger charge is 2.16. The van der Waals surface area contributed by atoms with Gasteiger partial charge in [-0.05, 0) is 25.5 Å². The van der Waals surface area contributed by atoms with Crippen LogP contribution < -0.4 is 10.1 Å². The average Bonchev–Trinajstić information content (AvgIpc) is 2.87. The molecule has 1 aromatic heterocycles. The number of aromatic nitrogens is 2. The van der Waals surface area contributed by atoms with Crippen LogP contribution in [0.4, 0.5) is 10.5 Å². The number of nitrogens with zero attached hydrogens (tertiary/aromatic N) is 3. The molecular weight excluding hydrogens is 308 g/mol. The van der Waals surface area contributed by atoms with Crippen LogP contribution in [0.5, 0.6) is 5.75 Å². The monoisotopic (exact) mass is 324 g/mol. The number of ether oxygens (including phenoxy) is 1. The van der Waals surface area contributed by atoms with Gasteiger partial charge in [0.05, 0.1) is 12.8 Å². The third-order valence-corrected chi connectivity index (χ3v) is 3.42. The lowest BCUT2D eigenvalue weighted by molar-refractivity contribution is 0.213. The molecule has 0 saturated heterocycles. The van der Waals surface area contributed by atoms with E-state index in [2.05, 4.69) is 15.5 Å². The SMILES string of the molecule is COc1cc(Cl)c(C)cc1NC(=O)N(C)Cc1nc(C)no1. The second-order valence-electron chi connectivity index (χ2n) is 4.82. The van der Waals surface area contributed by atoms with Gasteiger partial charge in [0.25, 0.3) is 0 Å². The van der Waals surface area contributed by atoms with Crippen molar-refractivity contribution >= 4 is 23.3 Å². The van der Waals surface area contributed by atoms with Crippen molar-refractivity contribution in [1.82, 2.24) is 15.0 Å². The lowest BCUT2D eigenvalue weighted by Crippen LogP contribution is -2.31. The number of urea groups is 1. The molecule has 0 aliphatic carbocycles. The Balaban J connectivity index is 2.09. The molecule has 0 bridgehead atoms. The van der Waals surface area contributed by atoms with Crippen molar-refractivity contribution in [1.29, 1.82) is 0 Å². The third kappa shape index (κ3) is 3.67. The number of aryl methyl sites for hydroxylation is 2. The summed E-state index contributed by atoms with van der Waals surface area (Å²) in [5.74, 6) is 1.39. The first-order valence-corrected chi connectivity index (χ1v) is 6.94. The van der Waals surface area contributed by atoms with E-state index < -0.39 is 0 Å². The molecule has 0 unspecified atom stereocenters.